The number of hydrogen-bond acceptors (Lipinski definition) is 4. The Bertz CT molecular complexity index is 902. The van der Waals surface area contributed by atoms with Crippen LogP contribution in [-0.4, -0.2) is 43.0 Å². The van der Waals surface area contributed by atoms with Gasteiger partial charge in [-0.15, -0.1) is 0 Å². The highest BCUT2D eigenvalue weighted by Gasteiger charge is 2.31. The fourth-order valence-corrected chi connectivity index (χ4v) is 4.31. The van der Waals surface area contributed by atoms with Gasteiger partial charge in [-0.1, -0.05) is 18.2 Å². The molecule has 2 aliphatic rings. The molecule has 0 aliphatic carbocycles. The van der Waals surface area contributed by atoms with Crippen molar-refractivity contribution < 1.29 is 19.1 Å². The van der Waals surface area contributed by atoms with Crippen molar-refractivity contribution in [1.29, 1.82) is 0 Å². The van der Waals surface area contributed by atoms with Gasteiger partial charge in [0.25, 0.3) is 5.91 Å². The molecule has 0 radical (unpaired) electrons. The number of nitrogens with one attached hydrogen (secondary N) is 1. The summed E-state index contributed by atoms with van der Waals surface area (Å²) in [5.74, 6) is 1.18. The van der Waals surface area contributed by atoms with Crippen LogP contribution in [0.25, 0.3) is 0 Å². The molecule has 7 heteroatoms. The van der Waals surface area contributed by atoms with Crippen LogP contribution in [-0.2, 0) is 4.79 Å². The molecule has 1 atom stereocenters. The largest absolute Gasteiger partial charge is 0.486 e. The lowest BCUT2D eigenvalue weighted by atomic mass is 10.0. The van der Waals surface area contributed by atoms with Crippen molar-refractivity contribution in [1.82, 2.24) is 10.2 Å². The molecule has 2 aromatic carbocycles. The Morgan fingerprint density at radius 3 is 2.71 bits per heavy atom. The van der Waals surface area contributed by atoms with Crippen molar-refractivity contribution in [3.8, 4) is 11.5 Å². The van der Waals surface area contributed by atoms with E-state index in [0.717, 1.165) is 33.5 Å². The van der Waals surface area contributed by atoms with Gasteiger partial charge < -0.3 is 19.7 Å². The van der Waals surface area contributed by atoms with E-state index in [9.17, 15) is 9.59 Å². The highest BCUT2D eigenvalue weighted by Crippen LogP contribution is 2.38. The first-order valence-electron chi connectivity index (χ1n) is 9.35. The Hall–Kier alpha value is -2.29. The number of nitrogens with zero attached hydrogens (tertiary/aromatic N) is 1. The van der Waals surface area contributed by atoms with Crippen molar-refractivity contribution in [3.63, 3.8) is 0 Å². The third kappa shape index (κ3) is 3.94. The third-order valence-corrected chi connectivity index (χ3v) is 5.98. The van der Waals surface area contributed by atoms with E-state index in [2.05, 4.69) is 27.9 Å². The minimum atomic E-state index is -0.228. The van der Waals surface area contributed by atoms with Gasteiger partial charge in [0.15, 0.2) is 11.5 Å². The number of halogens is 1. The van der Waals surface area contributed by atoms with Gasteiger partial charge in [0.05, 0.1) is 18.2 Å². The SMILES string of the molecule is O=C(NCC(=O)N1CCCC1c1ccc2c(c1)OCCO2)c1ccccc1I. The van der Waals surface area contributed by atoms with Gasteiger partial charge >= 0.3 is 0 Å². The second kappa shape index (κ2) is 8.38. The van der Waals surface area contributed by atoms with Crippen LogP contribution < -0.4 is 14.8 Å². The molecule has 2 aliphatic heterocycles. The first-order chi connectivity index (χ1) is 13.6. The van der Waals surface area contributed by atoms with Crippen molar-refractivity contribution >= 4 is 34.4 Å². The van der Waals surface area contributed by atoms with Crippen LogP contribution in [0.5, 0.6) is 11.5 Å². The molecule has 0 saturated carbocycles. The van der Waals surface area contributed by atoms with Crippen LogP contribution in [0.1, 0.15) is 34.8 Å². The molecule has 1 unspecified atom stereocenters. The van der Waals surface area contributed by atoms with E-state index >= 15 is 0 Å². The molecule has 6 nitrogen and oxygen atoms in total. The summed E-state index contributed by atoms with van der Waals surface area (Å²) in [6.07, 6.45) is 1.84. The van der Waals surface area contributed by atoms with Crippen LogP contribution >= 0.6 is 22.6 Å². The highest BCUT2D eigenvalue weighted by atomic mass is 127. The fourth-order valence-electron chi connectivity index (χ4n) is 3.68. The van der Waals surface area contributed by atoms with Crippen molar-refractivity contribution in [2.75, 3.05) is 26.3 Å². The lowest BCUT2D eigenvalue weighted by molar-refractivity contribution is -0.131. The van der Waals surface area contributed by atoms with Crippen LogP contribution in [0.4, 0.5) is 0 Å². The molecule has 2 aromatic rings. The first-order valence-corrected chi connectivity index (χ1v) is 10.4. The Balaban J connectivity index is 1.42. The molecule has 0 aromatic heterocycles. The van der Waals surface area contributed by atoms with Gasteiger partial charge in [-0.25, -0.2) is 0 Å². The lowest BCUT2D eigenvalue weighted by Gasteiger charge is -2.27. The quantitative estimate of drug-likeness (QED) is 0.667. The van der Waals surface area contributed by atoms with E-state index in [1.165, 1.54) is 0 Å². The summed E-state index contributed by atoms with van der Waals surface area (Å²) >= 11 is 2.12. The zero-order valence-electron chi connectivity index (χ0n) is 15.3. The molecule has 1 N–H and O–H groups in total. The minimum absolute atomic E-state index is 0.00269. The number of likely N-dealkylation sites (tertiary alicyclic amines) is 1. The van der Waals surface area contributed by atoms with Crippen molar-refractivity contribution in [3.05, 3.63) is 57.2 Å². The number of hydrogen-bond donors (Lipinski definition) is 1. The molecule has 2 heterocycles. The number of carbonyl (C=O) groups excluding carboxylic acids is 2. The van der Waals surface area contributed by atoms with E-state index in [0.29, 0.717) is 25.3 Å². The molecule has 1 saturated heterocycles. The van der Waals surface area contributed by atoms with Gasteiger partial charge in [0.1, 0.15) is 13.2 Å². The molecular weight excluding hydrogens is 471 g/mol. The van der Waals surface area contributed by atoms with Crippen LogP contribution in [0.3, 0.4) is 0 Å². The number of benzene rings is 2. The smallest absolute Gasteiger partial charge is 0.252 e. The molecule has 4 rings (SSSR count). The molecule has 28 heavy (non-hydrogen) atoms. The lowest BCUT2D eigenvalue weighted by Crippen LogP contribution is -2.40. The number of carbonyl (C=O) groups is 2. The molecule has 2 amide bonds. The zero-order valence-corrected chi connectivity index (χ0v) is 17.5. The Kier molecular flexibility index (Phi) is 5.70. The van der Waals surface area contributed by atoms with Gasteiger partial charge in [-0.05, 0) is 65.3 Å². The fraction of sp³-hybridized carbons (Fsp3) is 0.333. The topological polar surface area (TPSA) is 67.9 Å². The Labute approximate surface area is 177 Å². The first kappa shape index (κ1) is 19.0. The molecule has 146 valence electrons. The zero-order chi connectivity index (χ0) is 19.5. The second-order valence-corrected chi connectivity index (χ2v) is 7.97. The van der Waals surface area contributed by atoms with E-state index in [4.69, 9.17) is 9.47 Å². The summed E-state index contributed by atoms with van der Waals surface area (Å²) in [6.45, 7) is 1.77. The molecule has 0 spiro atoms. The summed E-state index contributed by atoms with van der Waals surface area (Å²) in [4.78, 5) is 27.0. The average Bonchev–Trinajstić information content (AvgIpc) is 3.22. The van der Waals surface area contributed by atoms with Gasteiger partial charge in [0, 0.05) is 10.1 Å². The van der Waals surface area contributed by atoms with Crippen LogP contribution in [0.2, 0.25) is 0 Å². The van der Waals surface area contributed by atoms with Gasteiger partial charge in [-0.2, -0.15) is 0 Å². The monoisotopic (exact) mass is 492 g/mol. The van der Waals surface area contributed by atoms with E-state index in [1.54, 1.807) is 6.07 Å². The summed E-state index contributed by atoms with van der Waals surface area (Å²) in [5, 5.41) is 2.76. The maximum Gasteiger partial charge on any atom is 0.252 e. The van der Waals surface area contributed by atoms with E-state index in [1.807, 2.05) is 41.3 Å². The number of rotatable bonds is 4. The highest BCUT2D eigenvalue weighted by molar-refractivity contribution is 14.1. The van der Waals surface area contributed by atoms with Gasteiger partial charge in [-0.3, -0.25) is 9.59 Å². The van der Waals surface area contributed by atoms with E-state index < -0.39 is 0 Å². The predicted molar refractivity (Wildman–Crippen MR) is 113 cm³/mol. The summed E-state index contributed by atoms with van der Waals surface area (Å²) in [6, 6.07) is 13.2. The summed E-state index contributed by atoms with van der Waals surface area (Å²) in [7, 11) is 0. The Morgan fingerprint density at radius 2 is 1.89 bits per heavy atom. The van der Waals surface area contributed by atoms with Crippen LogP contribution in [0.15, 0.2) is 42.5 Å². The van der Waals surface area contributed by atoms with Crippen LogP contribution in [0, 0.1) is 3.57 Å². The van der Waals surface area contributed by atoms with Gasteiger partial charge in [0.2, 0.25) is 5.91 Å². The maximum atomic E-state index is 12.8. The second-order valence-electron chi connectivity index (χ2n) is 6.81. The van der Waals surface area contributed by atoms with Crippen molar-refractivity contribution in [2.45, 2.75) is 18.9 Å². The Morgan fingerprint density at radius 1 is 1.11 bits per heavy atom. The molecule has 0 bridgehead atoms. The number of fused-ring (bicyclic) bond motifs is 1. The average molecular weight is 492 g/mol. The van der Waals surface area contributed by atoms with E-state index in [-0.39, 0.29) is 24.4 Å². The van der Waals surface area contributed by atoms with Crippen molar-refractivity contribution in [2.24, 2.45) is 0 Å². The maximum absolute atomic E-state index is 12.8. The molecule has 1 fully saturated rings. The number of amides is 2. The third-order valence-electron chi connectivity index (χ3n) is 5.04. The summed E-state index contributed by atoms with van der Waals surface area (Å²) in [5.41, 5.74) is 1.62. The summed E-state index contributed by atoms with van der Waals surface area (Å²) < 4.78 is 12.1. The predicted octanol–water partition coefficient (Wildman–Crippen LogP) is 3.16. The number of ether oxygens (including phenoxy) is 2. The minimum Gasteiger partial charge on any atom is -0.486 e. The standard InChI is InChI=1S/C21H21IN2O4/c22-16-5-2-1-4-15(16)21(26)23-13-20(25)24-9-3-6-17(24)14-7-8-18-19(12-14)28-11-10-27-18/h1-2,4-5,7-8,12,17H,3,6,9-11,13H2,(H,23,26). The normalized spacial score (nSPS) is 18.0. The molecular formula is C21H21IN2O4.